The zero-order chi connectivity index (χ0) is 13.8. The molecule has 0 N–H and O–H groups in total. The van der Waals surface area contributed by atoms with Gasteiger partial charge in [-0.1, -0.05) is 11.6 Å². The Morgan fingerprint density at radius 3 is 2.89 bits per heavy atom. The second kappa shape index (κ2) is 6.73. The van der Waals surface area contributed by atoms with Crippen molar-refractivity contribution in [1.29, 1.82) is 0 Å². The fraction of sp³-hybridized carbons (Fsp3) is 0.643. The molecule has 0 aliphatic carbocycles. The highest BCUT2D eigenvalue weighted by Crippen LogP contribution is 2.27. The Balaban J connectivity index is 2.04. The van der Waals surface area contributed by atoms with Gasteiger partial charge in [0.25, 0.3) is 5.91 Å². The van der Waals surface area contributed by atoms with Crippen LogP contribution in [0.5, 0.6) is 0 Å². The van der Waals surface area contributed by atoms with Crippen LogP contribution in [-0.4, -0.2) is 48.9 Å². The molecule has 1 aromatic heterocycles. The molecular formula is C14H21ClN2OS. The molecule has 1 atom stereocenters. The number of amides is 1. The lowest BCUT2D eigenvalue weighted by Gasteiger charge is -2.36. The summed E-state index contributed by atoms with van der Waals surface area (Å²) in [6.45, 7) is 1.91. The highest BCUT2D eigenvalue weighted by Gasteiger charge is 2.27. The van der Waals surface area contributed by atoms with E-state index in [1.54, 1.807) is 6.07 Å². The maximum absolute atomic E-state index is 12.5. The molecule has 0 spiro atoms. The van der Waals surface area contributed by atoms with Crippen LogP contribution in [0.2, 0.25) is 4.34 Å². The molecule has 0 unspecified atom stereocenters. The van der Waals surface area contributed by atoms with Gasteiger partial charge in [0.05, 0.1) is 9.21 Å². The minimum atomic E-state index is 0.153. The Morgan fingerprint density at radius 2 is 2.26 bits per heavy atom. The highest BCUT2D eigenvalue weighted by molar-refractivity contribution is 7.17. The van der Waals surface area contributed by atoms with Crippen LogP contribution in [-0.2, 0) is 0 Å². The van der Waals surface area contributed by atoms with Gasteiger partial charge in [-0.25, -0.2) is 0 Å². The number of rotatable bonds is 4. The number of likely N-dealkylation sites (tertiary alicyclic amines) is 1. The summed E-state index contributed by atoms with van der Waals surface area (Å²) in [6, 6.07) is 4.02. The Labute approximate surface area is 124 Å². The third kappa shape index (κ3) is 3.94. The third-order valence-electron chi connectivity index (χ3n) is 3.58. The number of thiophene rings is 1. The first-order chi connectivity index (χ1) is 9.08. The largest absolute Gasteiger partial charge is 0.335 e. The van der Waals surface area contributed by atoms with Crippen LogP contribution >= 0.6 is 22.9 Å². The van der Waals surface area contributed by atoms with Crippen molar-refractivity contribution in [2.75, 3.05) is 27.2 Å². The molecule has 1 amide bonds. The molecule has 2 heterocycles. The summed E-state index contributed by atoms with van der Waals surface area (Å²) in [5.41, 5.74) is 0. The summed E-state index contributed by atoms with van der Waals surface area (Å²) >= 11 is 7.30. The van der Waals surface area contributed by atoms with Gasteiger partial charge >= 0.3 is 0 Å². The first-order valence-corrected chi connectivity index (χ1v) is 7.98. The van der Waals surface area contributed by atoms with E-state index in [9.17, 15) is 4.79 Å². The highest BCUT2D eigenvalue weighted by atomic mass is 35.5. The second-order valence-corrected chi connectivity index (χ2v) is 7.06. The van der Waals surface area contributed by atoms with Crippen LogP contribution in [0, 0.1) is 0 Å². The summed E-state index contributed by atoms with van der Waals surface area (Å²) in [7, 11) is 4.15. The SMILES string of the molecule is CN(C)CC[C@H]1CCCCN1C(=O)c1ccc(Cl)s1. The summed E-state index contributed by atoms with van der Waals surface area (Å²) in [6.07, 6.45) is 4.52. The Hall–Kier alpha value is -0.580. The number of piperidine rings is 1. The topological polar surface area (TPSA) is 23.6 Å². The van der Waals surface area contributed by atoms with Crippen molar-refractivity contribution in [3.8, 4) is 0 Å². The summed E-state index contributed by atoms with van der Waals surface area (Å²) in [5.74, 6) is 0.153. The number of carbonyl (C=O) groups is 1. The normalized spacial score (nSPS) is 20.0. The van der Waals surface area contributed by atoms with E-state index in [2.05, 4.69) is 23.9 Å². The van der Waals surface area contributed by atoms with Gasteiger partial charge in [-0.3, -0.25) is 4.79 Å². The van der Waals surface area contributed by atoms with Crippen LogP contribution in [0.1, 0.15) is 35.4 Å². The maximum Gasteiger partial charge on any atom is 0.264 e. The molecule has 106 valence electrons. The Kier molecular flexibility index (Phi) is 5.25. The van der Waals surface area contributed by atoms with E-state index in [1.165, 1.54) is 17.8 Å². The standard InChI is InChI=1S/C14H21ClN2OS/c1-16(2)10-8-11-5-3-4-9-17(11)14(18)12-6-7-13(15)19-12/h6-7,11H,3-5,8-10H2,1-2H3/t11-/m1/s1. The van der Waals surface area contributed by atoms with E-state index in [0.717, 1.165) is 37.2 Å². The number of halogens is 1. The van der Waals surface area contributed by atoms with Gasteiger partial charge in [0.2, 0.25) is 0 Å². The number of carbonyl (C=O) groups excluding carboxylic acids is 1. The molecule has 1 aliphatic heterocycles. The van der Waals surface area contributed by atoms with Crippen molar-refractivity contribution in [2.45, 2.75) is 31.7 Å². The fourth-order valence-electron chi connectivity index (χ4n) is 2.55. The first-order valence-electron chi connectivity index (χ1n) is 6.79. The van der Waals surface area contributed by atoms with Crippen LogP contribution in [0.15, 0.2) is 12.1 Å². The average molecular weight is 301 g/mol. The molecular weight excluding hydrogens is 280 g/mol. The summed E-state index contributed by atoms with van der Waals surface area (Å²) in [5, 5.41) is 0. The number of hydrogen-bond acceptors (Lipinski definition) is 3. The third-order valence-corrected chi connectivity index (χ3v) is 4.80. The van der Waals surface area contributed by atoms with E-state index in [-0.39, 0.29) is 5.91 Å². The zero-order valence-electron chi connectivity index (χ0n) is 11.6. The molecule has 3 nitrogen and oxygen atoms in total. The van der Waals surface area contributed by atoms with Crippen molar-refractivity contribution in [3.63, 3.8) is 0 Å². The van der Waals surface area contributed by atoms with Crippen molar-refractivity contribution in [3.05, 3.63) is 21.3 Å². The van der Waals surface area contributed by atoms with Crippen LogP contribution in [0.4, 0.5) is 0 Å². The molecule has 1 aromatic rings. The number of hydrogen-bond donors (Lipinski definition) is 0. The Bertz CT molecular complexity index is 433. The van der Waals surface area contributed by atoms with E-state index < -0.39 is 0 Å². The van der Waals surface area contributed by atoms with Crippen molar-refractivity contribution < 1.29 is 4.79 Å². The smallest absolute Gasteiger partial charge is 0.264 e. The summed E-state index contributed by atoms with van der Waals surface area (Å²) in [4.78, 5) is 17.5. The minimum absolute atomic E-state index is 0.153. The van der Waals surface area contributed by atoms with Crippen LogP contribution < -0.4 is 0 Å². The maximum atomic E-state index is 12.5. The molecule has 0 saturated carbocycles. The van der Waals surface area contributed by atoms with E-state index in [4.69, 9.17) is 11.6 Å². The van der Waals surface area contributed by atoms with Gasteiger partial charge in [0.1, 0.15) is 0 Å². The quantitative estimate of drug-likeness (QED) is 0.851. The molecule has 1 saturated heterocycles. The number of nitrogens with zero attached hydrogens (tertiary/aromatic N) is 2. The fourth-order valence-corrected chi connectivity index (χ4v) is 3.55. The lowest BCUT2D eigenvalue weighted by Crippen LogP contribution is -2.44. The van der Waals surface area contributed by atoms with Gasteiger partial charge < -0.3 is 9.80 Å². The molecule has 5 heteroatoms. The first kappa shape index (κ1) is 14.8. The molecule has 0 bridgehead atoms. The monoisotopic (exact) mass is 300 g/mol. The van der Waals surface area contributed by atoms with Gasteiger partial charge in [0, 0.05) is 12.6 Å². The summed E-state index contributed by atoms with van der Waals surface area (Å²) < 4.78 is 0.685. The zero-order valence-corrected chi connectivity index (χ0v) is 13.1. The van der Waals surface area contributed by atoms with E-state index in [1.807, 2.05) is 6.07 Å². The second-order valence-electron chi connectivity index (χ2n) is 5.34. The predicted octanol–water partition coefficient (Wildman–Crippen LogP) is 3.35. The molecule has 0 aromatic carbocycles. The molecule has 1 fully saturated rings. The van der Waals surface area contributed by atoms with Crippen molar-refractivity contribution in [1.82, 2.24) is 9.80 Å². The lowest BCUT2D eigenvalue weighted by atomic mass is 9.99. The van der Waals surface area contributed by atoms with E-state index in [0.29, 0.717) is 10.4 Å². The van der Waals surface area contributed by atoms with E-state index >= 15 is 0 Å². The van der Waals surface area contributed by atoms with Crippen LogP contribution in [0.25, 0.3) is 0 Å². The lowest BCUT2D eigenvalue weighted by molar-refractivity contribution is 0.0596. The molecule has 0 radical (unpaired) electrons. The van der Waals surface area contributed by atoms with Crippen molar-refractivity contribution >= 4 is 28.8 Å². The van der Waals surface area contributed by atoms with Crippen molar-refractivity contribution in [2.24, 2.45) is 0 Å². The van der Waals surface area contributed by atoms with Crippen LogP contribution in [0.3, 0.4) is 0 Å². The molecule has 1 aliphatic rings. The average Bonchev–Trinajstić information content (AvgIpc) is 2.82. The molecule has 19 heavy (non-hydrogen) atoms. The van der Waals surface area contributed by atoms with Gasteiger partial charge in [-0.05, 0) is 58.5 Å². The van der Waals surface area contributed by atoms with Gasteiger partial charge in [-0.2, -0.15) is 0 Å². The Morgan fingerprint density at radius 1 is 1.47 bits per heavy atom. The predicted molar refractivity (Wildman–Crippen MR) is 81.2 cm³/mol. The minimum Gasteiger partial charge on any atom is -0.335 e. The van der Waals surface area contributed by atoms with Gasteiger partial charge in [0.15, 0.2) is 0 Å². The van der Waals surface area contributed by atoms with Gasteiger partial charge in [-0.15, -0.1) is 11.3 Å². The molecule has 2 rings (SSSR count).